The number of para-hydroxylation sites is 2. The summed E-state index contributed by atoms with van der Waals surface area (Å²) in [5.41, 5.74) is 7.18. The minimum atomic E-state index is 0.566. The van der Waals surface area contributed by atoms with E-state index in [1.807, 2.05) is 111 Å². The number of likely N-dealkylation sites (N-methyl/N-ethyl adjacent to an activating group) is 1. The first-order valence-corrected chi connectivity index (χ1v) is 10.8. The predicted octanol–water partition coefficient (Wildman–Crippen LogP) is 7.17. The number of anilines is 2. The van der Waals surface area contributed by atoms with Crippen molar-refractivity contribution in [1.29, 1.82) is 0 Å². The van der Waals surface area contributed by atoms with Gasteiger partial charge in [-0.15, -0.1) is 0 Å². The molecule has 0 unspecified atom stereocenters. The third kappa shape index (κ3) is 5.16. The van der Waals surface area contributed by atoms with E-state index < -0.39 is 0 Å². The lowest BCUT2D eigenvalue weighted by molar-refractivity contribution is 0.530. The summed E-state index contributed by atoms with van der Waals surface area (Å²) in [5.74, 6) is 0. The summed E-state index contributed by atoms with van der Waals surface area (Å²) >= 11 is 6.69. The first kappa shape index (κ1) is 21.6. The van der Waals surface area contributed by atoms with Gasteiger partial charge in [0.25, 0.3) is 0 Å². The topological polar surface area (TPSA) is 40.0 Å². The molecule has 0 heterocycles. The van der Waals surface area contributed by atoms with Crippen LogP contribution < -0.4 is 5.32 Å². The molecule has 0 fully saturated rings. The van der Waals surface area contributed by atoms with Crippen LogP contribution in [0, 0.1) is 6.92 Å². The Labute approximate surface area is 194 Å². The van der Waals surface area contributed by atoms with E-state index in [0.29, 0.717) is 10.7 Å². The zero-order valence-corrected chi connectivity index (χ0v) is 19.1. The molecule has 0 atom stereocenters. The Kier molecular flexibility index (Phi) is 6.52. The monoisotopic (exact) mass is 440 g/mol. The Morgan fingerprint density at radius 3 is 2.12 bits per heavy atom. The van der Waals surface area contributed by atoms with Crippen LogP contribution in [0.15, 0.2) is 112 Å². The van der Waals surface area contributed by atoms with Gasteiger partial charge in [0, 0.05) is 31.2 Å². The third-order valence-electron chi connectivity index (χ3n) is 5.04. The molecule has 4 nitrogen and oxygen atoms in total. The van der Waals surface area contributed by atoms with Gasteiger partial charge in [0.15, 0.2) is 0 Å². The molecule has 0 saturated carbocycles. The molecule has 3 aromatic rings. The van der Waals surface area contributed by atoms with Crippen LogP contribution in [0.4, 0.5) is 22.7 Å². The van der Waals surface area contributed by atoms with Gasteiger partial charge in [-0.3, -0.25) is 0 Å². The number of rotatable bonds is 5. The largest absolute Gasteiger partial charge is 0.378 e. The number of nitrogens with one attached hydrogen (secondary N) is 1. The van der Waals surface area contributed by atoms with Crippen LogP contribution in [0.25, 0.3) is 0 Å². The van der Waals surface area contributed by atoms with Gasteiger partial charge < -0.3 is 10.2 Å². The molecule has 160 valence electrons. The maximum Gasteiger partial charge on any atom is 0.108 e. The van der Waals surface area contributed by atoms with Crippen LogP contribution in [0.5, 0.6) is 0 Å². The first-order chi connectivity index (χ1) is 15.5. The van der Waals surface area contributed by atoms with E-state index in [9.17, 15) is 0 Å². The number of halogens is 1. The average molecular weight is 441 g/mol. The number of hydrogen-bond acceptors (Lipinski definition) is 4. The van der Waals surface area contributed by atoms with Crippen LogP contribution in [-0.4, -0.2) is 30.4 Å². The molecular weight excluding hydrogens is 416 g/mol. The zero-order valence-electron chi connectivity index (χ0n) is 18.4. The Balaban J connectivity index is 1.70. The van der Waals surface area contributed by atoms with Crippen LogP contribution >= 0.6 is 11.6 Å². The summed E-state index contributed by atoms with van der Waals surface area (Å²) in [6.45, 7) is 2.05. The molecular formula is C27H25ClN4. The molecule has 32 heavy (non-hydrogen) atoms. The molecule has 4 rings (SSSR count). The van der Waals surface area contributed by atoms with Crippen LogP contribution in [-0.2, 0) is 0 Å². The molecule has 0 bridgehead atoms. The molecule has 0 aliphatic heterocycles. The fraction of sp³-hybridized carbons (Fsp3) is 0.111. The standard InChI is InChI=1S/C27H25ClN4/c1-19-16-22(29-20-10-6-4-7-11-20)14-15-25(19)31-27-24(28)17-23(32(2)3)18-26(27)30-21-12-8-5-9-13-21/h4-18,29H,1-3H3. The molecule has 0 spiro atoms. The maximum absolute atomic E-state index is 6.69. The molecule has 1 aliphatic carbocycles. The fourth-order valence-electron chi connectivity index (χ4n) is 3.33. The minimum absolute atomic E-state index is 0.566. The third-order valence-corrected chi connectivity index (χ3v) is 5.33. The average Bonchev–Trinajstić information content (AvgIpc) is 2.78. The quantitative estimate of drug-likeness (QED) is 0.427. The number of aliphatic imine (C=N–C) groups is 2. The Bertz CT molecular complexity index is 1220. The summed E-state index contributed by atoms with van der Waals surface area (Å²) in [7, 11) is 3.97. The lowest BCUT2D eigenvalue weighted by Gasteiger charge is -2.20. The fourth-order valence-corrected chi connectivity index (χ4v) is 3.58. The lowest BCUT2D eigenvalue weighted by atomic mass is 10.1. The number of benzene rings is 3. The van der Waals surface area contributed by atoms with Gasteiger partial charge in [0.05, 0.1) is 22.1 Å². The zero-order chi connectivity index (χ0) is 22.5. The summed E-state index contributed by atoms with van der Waals surface area (Å²) < 4.78 is 0. The van der Waals surface area contributed by atoms with E-state index in [4.69, 9.17) is 21.6 Å². The van der Waals surface area contributed by atoms with Crippen molar-refractivity contribution in [3.05, 3.63) is 107 Å². The molecule has 1 N–H and O–H groups in total. The second-order valence-electron chi connectivity index (χ2n) is 7.74. The van der Waals surface area contributed by atoms with Crippen molar-refractivity contribution in [2.24, 2.45) is 9.98 Å². The molecule has 3 aromatic carbocycles. The van der Waals surface area contributed by atoms with Crippen LogP contribution in [0.1, 0.15) is 5.56 Å². The van der Waals surface area contributed by atoms with E-state index in [-0.39, 0.29) is 0 Å². The SMILES string of the molecule is Cc1cc(Nc2ccccc2)ccc1N=C1C(Cl)=CC(N(C)C)=CC1=Nc1ccccc1. The highest BCUT2D eigenvalue weighted by molar-refractivity contribution is 6.64. The van der Waals surface area contributed by atoms with Crippen molar-refractivity contribution >= 4 is 45.8 Å². The summed E-state index contributed by atoms with van der Waals surface area (Å²) in [4.78, 5) is 11.7. The van der Waals surface area contributed by atoms with Crippen LogP contribution in [0.3, 0.4) is 0 Å². The highest BCUT2D eigenvalue weighted by Crippen LogP contribution is 2.28. The molecule has 0 aromatic heterocycles. The van der Waals surface area contributed by atoms with Gasteiger partial charge in [-0.25, -0.2) is 9.98 Å². The van der Waals surface area contributed by atoms with E-state index in [1.165, 1.54) is 0 Å². The minimum Gasteiger partial charge on any atom is -0.378 e. The van der Waals surface area contributed by atoms with Crippen molar-refractivity contribution in [1.82, 2.24) is 4.90 Å². The van der Waals surface area contributed by atoms with E-state index in [2.05, 4.69) is 11.4 Å². The van der Waals surface area contributed by atoms with Gasteiger partial charge in [0.1, 0.15) is 5.71 Å². The Morgan fingerprint density at radius 2 is 1.47 bits per heavy atom. The first-order valence-electron chi connectivity index (χ1n) is 10.4. The van der Waals surface area contributed by atoms with Gasteiger partial charge in [-0.05, 0) is 67.1 Å². The van der Waals surface area contributed by atoms with Crippen molar-refractivity contribution in [3.63, 3.8) is 0 Å². The second-order valence-corrected chi connectivity index (χ2v) is 8.15. The number of nitrogens with zero attached hydrogens (tertiary/aromatic N) is 3. The van der Waals surface area contributed by atoms with Crippen molar-refractivity contribution < 1.29 is 0 Å². The van der Waals surface area contributed by atoms with Gasteiger partial charge in [-0.2, -0.15) is 0 Å². The molecule has 0 amide bonds. The Hall–Kier alpha value is -3.63. The maximum atomic E-state index is 6.69. The van der Waals surface area contributed by atoms with E-state index in [1.54, 1.807) is 0 Å². The summed E-state index contributed by atoms with van der Waals surface area (Å²) in [5, 5.41) is 3.99. The van der Waals surface area contributed by atoms with Gasteiger partial charge in [-0.1, -0.05) is 48.0 Å². The number of allylic oxidation sites excluding steroid dienone is 3. The predicted molar refractivity (Wildman–Crippen MR) is 137 cm³/mol. The van der Waals surface area contributed by atoms with Gasteiger partial charge >= 0.3 is 0 Å². The molecule has 0 radical (unpaired) electrons. The molecule has 0 saturated heterocycles. The van der Waals surface area contributed by atoms with E-state index >= 15 is 0 Å². The number of hydrogen-bond donors (Lipinski definition) is 1. The lowest BCUT2D eigenvalue weighted by Crippen LogP contribution is -2.21. The molecule has 1 aliphatic rings. The summed E-state index contributed by atoms with van der Waals surface area (Å²) in [6, 6.07) is 26.1. The van der Waals surface area contributed by atoms with Gasteiger partial charge in [0.2, 0.25) is 0 Å². The van der Waals surface area contributed by atoms with Crippen LogP contribution in [0.2, 0.25) is 0 Å². The van der Waals surface area contributed by atoms with E-state index in [0.717, 1.165) is 39.7 Å². The van der Waals surface area contributed by atoms with Crippen molar-refractivity contribution in [2.45, 2.75) is 6.92 Å². The second kappa shape index (κ2) is 9.67. The Morgan fingerprint density at radius 1 is 0.781 bits per heavy atom. The highest BCUT2D eigenvalue weighted by Gasteiger charge is 2.19. The highest BCUT2D eigenvalue weighted by atomic mass is 35.5. The smallest absolute Gasteiger partial charge is 0.108 e. The normalized spacial score (nSPS) is 16.0. The molecule has 5 heteroatoms. The summed E-state index contributed by atoms with van der Waals surface area (Å²) in [6.07, 6.45) is 3.93. The number of aryl methyl sites for hydroxylation is 1. The van der Waals surface area contributed by atoms with Crippen molar-refractivity contribution in [3.8, 4) is 0 Å². The van der Waals surface area contributed by atoms with Crippen molar-refractivity contribution in [2.75, 3.05) is 19.4 Å².